The van der Waals surface area contributed by atoms with Crippen molar-refractivity contribution < 1.29 is 9.21 Å². The van der Waals surface area contributed by atoms with Crippen LogP contribution in [0, 0.1) is 13.8 Å². The Morgan fingerprint density at radius 2 is 2.19 bits per heavy atom. The first-order chi connectivity index (χ1) is 12.6. The third-order valence-electron chi connectivity index (χ3n) is 5.43. The Morgan fingerprint density at radius 1 is 1.31 bits per heavy atom. The number of furan rings is 1. The summed E-state index contributed by atoms with van der Waals surface area (Å²) in [6.45, 7) is 5.66. The van der Waals surface area contributed by atoms with E-state index in [-0.39, 0.29) is 11.9 Å². The van der Waals surface area contributed by atoms with E-state index in [1.54, 1.807) is 6.20 Å². The molecule has 3 aromatic rings. The Balaban J connectivity index is 1.57. The molecule has 2 aromatic heterocycles. The SMILES string of the molecule is Cc1ccc2c(C)c(C(=O)N3CCCC[C@@H]3CCn3cccn3)oc2c1. The van der Waals surface area contributed by atoms with Crippen molar-refractivity contribution in [3.63, 3.8) is 0 Å². The Bertz CT molecular complexity index is 911. The summed E-state index contributed by atoms with van der Waals surface area (Å²) in [6.07, 6.45) is 7.97. The summed E-state index contributed by atoms with van der Waals surface area (Å²) >= 11 is 0. The van der Waals surface area contributed by atoms with Crippen molar-refractivity contribution in [2.75, 3.05) is 6.54 Å². The maximum absolute atomic E-state index is 13.3. The van der Waals surface area contributed by atoms with Gasteiger partial charge >= 0.3 is 0 Å². The fourth-order valence-corrected chi connectivity index (χ4v) is 3.95. The molecular weight excluding hydrogens is 326 g/mol. The minimum Gasteiger partial charge on any atom is -0.451 e. The van der Waals surface area contributed by atoms with Crippen LogP contribution in [-0.2, 0) is 6.54 Å². The van der Waals surface area contributed by atoms with E-state index in [1.165, 1.54) is 6.42 Å². The van der Waals surface area contributed by atoms with E-state index in [9.17, 15) is 4.79 Å². The maximum atomic E-state index is 13.3. The molecule has 1 amide bonds. The van der Waals surface area contributed by atoms with Crippen molar-refractivity contribution in [2.24, 2.45) is 0 Å². The molecule has 5 heteroatoms. The van der Waals surface area contributed by atoms with Crippen LogP contribution in [0.15, 0.2) is 41.1 Å². The molecule has 0 bridgehead atoms. The summed E-state index contributed by atoms with van der Waals surface area (Å²) in [5.74, 6) is 0.526. The molecule has 0 unspecified atom stereocenters. The van der Waals surface area contributed by atoms with E-state index in [2.05, 4.69) is 11.2 Å². The topological polar surface area (TPSA) is 51.3 Å². The quantitative estimate of drug-likeness (QED) is 0.703. The number of aryl methyl sites for hydroxylation is 3. The zero-order valence-electron chi connectivity index (χ0n) is 15.4. The van der Waals surface area contributed by atoms with E-state index in [0.29, 0.717) is 5.76 Å². The third-order valence-corrected chi connectivity index (χ3v) is 5.43. The third kappa shape index (κ3) is 3.14. The van der Waals surface area contributed by atoms with Gasteiger partial charge < -0.3 is 9.32 Å². The van der Waals surface area contributed by atoms with Gasteiger partial charge in [-0.15, -0.1) is 0 Å². The fraction of sp³-hybridized carbons (Fsp3) is 0.429. The number of carbonyl (C=O) groups excluding carboxylic acids is 1. The number of amides is 1. The Morgan fingerprint density at radius 3 is 3.00 bits per heavy atom. The predicted octanol–water partition coefficient (Wildman–Crippen LogP) is 4.33. The Kier molecular flexibility index (Phi) is 4.53. The van der Waals surface area contributed by atoms with Crippen LogP contribution in [0.1, 0.15) is 47.4 Å². The van der Waals surface area contributed by atoms with Crippen molar-refractivity contribution in [2.45, 2.75) is 52.1 Å². The average molecular weight is 351 g/mol. The standard InChI is InChI=1S/C21H25N3O2/c1-15-7-8-18-16(2)20(26-19(18)14-15)21(25)24-12-4-3-6-17(24)9-13-23-11-5-10-22-23/h5,7-8,10-11,14,17H,3-4,6,9,12-13H2,1-2H3/t17-/m1/s1. The number of fused-ring (bicyclic) bond motifs is 1. The first kappa shape index (κ1) is 16.9. The van der Waals surface area contributed by atoms with E-state index >= 15 is 0 Å². The first-order valence-corrected chi connectivity index (χ1v) is 9.41. The van der Waals surface area contributed by atoms with Gasteiger partial charge in [-0.3, -0.25) is 9.48 Å². The fourth-order valence-electron chi connectivity index (χ4n) is 3.95. The van der Waals surface area contributed by atoms with Gasteiger partial charge in [0, 0.05) is 42.5 Å². The highest BCUT2D eigenvalue weighted by molar-refractivity contribution is 5.99. The molecule has 1 atom stereocenters. The predicted molar refractivity (Wildman–Crippen MR) is 101 cm³/mol. The van der Waals surface area contributed by atoms with Gasteiger partial charge in [-0.05, 0) is 57.2 Å². The second-order valence-corrected chi connectivity index (χ2v) is 7.26. The van der Waals surface area contributed by atoms with E-state index in [4.69, 9.17) is 4.42 Å². The summed E-state index contributed by atoms with van der Waals surface area (Å²) < 4.78 is 7.92. The lowest BCUT2D eigenvalue weighted by Gasteiger charge is -2.35. The molecule has 0 radical (unpaired) electrons. The number of nitrogens with zero attached hydrogens (tertiary/aromatic N) is 3. The van der Waals surface area contributed by atoms with Crippen LogP contribution in [0.3, 0.4) is 0 Å². The van der Waals surface area contributed by atoms with E-state index in [1.807, 2.05) is 47.8 Å². The smallest absolute Gasteiger partial charge is 0.290 e. The maximum Gasteiger partial charge on any atom is 0.290 e. The van der Waals surface area contributed by atoms with Gasteiger partial charge in [-0.25, -0.2) is 0 Å². The summed E-state index contributed by atoms with van der Waals surface area (Å²) in [5, 5.41) is 5.31. The molecule has 1 saturated heterocycles. The molecule has 1 fully saturated rings. The summed E-state index contributed by atoms with van der Waals surface area (Å²) in [6, 6.07) is 8.29. The van der Waals surface area contributed by atoms with Gasteiger partial charge in [0.15, 0.2) is 5.76 Å². The second kappa shape index (κ2) is 6.98. The minimum absolute atomic E-state index is 0.0292. The largest absolute Gasteiger partial charge is 0.451 e. The van der Waals surface area contributed by atoms with Crippen molar-refractivity contribution >= 4 is 16.9 Å². The van der Waals surface area contributed by atoms with Crippen LogP contribution in [0.2, 0.25) is 0 Å². The molecular formula is C21H25N3O2. The zero-order chi connectivity index (χ0) is 18.1. The summed E-state index contributed by atoms with van der Waals surface area (Å²) in [4.78, 5) is 15.3. The molecule has 0 N–H and O–H groups in total. The van der Waals surface area contributed by atoms with E-state index in [0.717, 1.165) is 54.4 Å². The Hall–Kier alpha value is -2.56. The van der Waals surface area contributed by atoms with Crippen LogP contribution >= 0.6 is 0 Å². The van der Waals surface area contributed by atoms with Gasteiger partial charge in [0.05, 0.1) is 0 Å². The number of carbonyl (C=O) groups is 1. The number of piperidine rings is 1. The van der Waals surface area contributed by atoms with Crippen LogP contribution < -0.4 is 0 Å². The number of rotatable bonds is 4. The van der Waals surface area contributed by atoms with Crippen LogP contribution in [-0.4, -0.2) is 33.2 Å². The number of likely N-dealkylation sites (tertiary alicyclic amines) is 1. The normalized spacial score (nSPS) is 17.8. The lowest BCUT2D eigenvalue weighted by atomic mass is 9.98. The highest BCUT2D eigenvalue weighted by atomic mass is 16.3. The molecule has 0 spiro atoms. The zero-order valence-corrected chi connectivity index (χ0v) is 15.4. The van der Waals surface area contributed by atoms with E-state index < -0.39 is 0 Å². The van der Waals surface area contributed by atoms with Crippen LogP contribution in [0.25, 0.3) is 11.0 Å². The second-order valence-electron chi connectivity index (χ2n) is 7.26. The van der Waals surface area contributed by atoms with Gasteiger partial charge in [-0.1, -0.05) is 12.1 Å². The highest BCUT2D eigenvalue weighted by Crippen LogP contribution is 2.29. The highest BCUT2D eigenvalue weighted by Gasteiger charge is 2.30. The number of benzene rings is 1. The molecule has 1 aromatic carbocycles. The molecule has 0 saturated carbocycles. The molecule has 5 nitrogen and oxygen atoms in total. The molecule has 4 rings (SSSR count). The number of hydrogen-bond acceptors (Lipinski definition) is 3. The van der Waals surface area contributed by atoms with Crippen molar-refractivity contribution in [3.8, 4) is 0 Å². The van der Waals surface area contributed by atoms with Gasteiger partial charge in [-0.2, -0.15) is 5.10 Å². The molecule has 1 aliphatic heterocycles. The molecule has 3 heterocycles. The first-order valence-electron chi connectivity index (χ1n) is 9.41. The lowest BCUT2D eigenvalue weighted by molar-refractivity contribution is 0.0563. The van der Waals surface area contributed by atoms with Crippen molar-refractivity contribution in [1.29, 1.82) is 0 Å². The van der Waals surface area contributed by atoms with Crippen molar-refractivity contribution in [1.82, 2.24) is 14.7 Å². The molecule has 136 valence electrons. The van der Waals surface area contributed by atoms with Gasteiger partial charge in [0.1, 0.15) is 5.58 Å². The molecule has 26 heavy (non-hydrogen) atoms. The average Bonchev–Trinajstić information content (AvgIpc) is 3.27. The number of aromatic nitrogens is 2. The number of hydrogen-bond donors (Lipinski definition) is 0. The van der Waals surface area contributed by atoms with Gasteiger partial charge in [0.25, 0.3) is 5.91 Å². The summed E-state index contributed by atoms with van der Waals surface area (Å²) in [5.41, 5.74) is 2.89. The monoisotopic (exact) mass is 351 g/mol. The van der Waals surface area contributed by atoms with Crippen LogP contribution in [0.4, 0.5) is 0 Å². The summed E-state index contributed by atoms with van der Waals surface area (Å²) in [7, 11) is 0. The van der Waals surface area contributed by atoms with Crippen molar-refractivity contribution in [3.05, 3.63) is 53.5 Å². The van der Waals surface area contributed by atoms with Gasteiger partial charge in [0.2, 0.25) is 0 Å². The molecule has 1 aliphatic rings. The molecule has 0 aliphatic carbocycles. The van der Waals surface area contributed by atoms with Crippen LogP contribution in [0.5, 0.6) is 0 Å². The lowest BCUT2D eigenvalue weighted by Crippen LogP contribution is -2.44. The Labute approximate surface area is 153 Å². The minimum atomic E-state index is 0.0292.